The maximum atomic E-state index is 12.4. The first-order chi connectivity index (χ1) is 10.2. The largest absolute Gasteiger partial charge is 0.338 e. The van der Waals surface area contributed by atoms with Gasteiger partial charge in [0.05, 0.1) is 11.4 Å². The molecular weight excluding hydrogens is 324 g/mol. The highest BCUT2D eigenvalue weighted by Crippen LogP contribution is 2.17. The van der Waals surface area contributed by atoms with E-state index >= 15 is 0 Å². The van der Waals surface area contributed by atoms with Crippen LogP contribution in [0.5, 0.6) is 0 Å². The minimum Gasteiger partial charge on any atom is -0.338 e. The molecule has 0 radical (unpaired) electrons. The van der Waals surface area contributed by atoms with Crippen LogP contribution >= 0.6 is 11.6 Å². The van der Waals surface area contributed by atoms with Gasteiger partial charge < -0.3 is 4.90 Å². The van der Waals surface area contributed by atoms with Crippen molar-refractivity contribution in [2.24, 2.45) is 0 Å². The molecule has 0 spiro atoms. The van der Waals surface area contributed by atoms with E-state index in [1.54, 1.807) is 4.90 Å². The molecule has 0 bridgehead atoms. The lowest BCUT2D eigenvalue weighted by Gasteiger charge is -2.24. The molecule has 0 atom stereocenters. The Morgan fingerprint density at radius 1 is 1.23 bits per heavy atom. The number of sulfonamides is 1. The minimum atomic E-state index is -3.72. The third-order valence-corrected chi connectivity index (χ3v) is 5.14. The van der Waals surface area contributed by atoms with Crippen LogP contribution < -0.4 is 0 Å². The SMILES string of the molecule is C=C(C)CN(CC)C(=O)CN(C)S(=O)(=O)c1ccc(Cl)cc1. The Kier molecular flexibility index (Phi) is 6.59. The summed E-state index contributed by atoms with van der Waals surface area (Å²) in [4.78, 5) is 13.9. The van der Waals surface area contributed by atoms with Crippen molar-refractivity contribution in [1.82, 2.24) is 9.21 Å². The number of hydrogen-bond donors (Lipinski definition) is 0. The zero-order chi connectivity index (χ0) is 16.9. The third-order valence-electron chi connectivity index (χ3n) is 3.07. The van der Waals surface area contributed by atoms with Gasteiger partial charge in [0.2, 0.25) is 15.9 Å². The van der Waals surface area contributed by atoms with Crippen molar-refractivity contribution in [3.05, 3.63) is 41.4 Å². The number of carbonyl (C=O) groups excluding carboxylic acids is 1. The molecule has 1 rings (SSSR count). The van der Waals surface area contributed by atoms with E-state index in [0.717, 1.165) is 9.88 Å². The second-order valence-corrected chi connectivity index (χ2v) is 7.56. The Morgan fingerprint density at radius 3 is 2.23 bits per heavy atom. The molecule has 22 heavy (non-hydrogen) atoms. The summed E-state index contributed by atoms with van der Waals surface area (Å²) < 4.78 is 25.9. The zero-order valence-corrected chi connectivity index (χ0v) is 14.6. The van der Waals surface area contributed by atoms with Crippen LogP contribution in [0.2, 0.25) is 5.02 Å². The molecule has 5 nitrogen and oxygen atoms in total. The van der Waals surface area contributed by atoms with Crippen LogP contribution in [0, 0.1) is 0 Å². The molecule has 0 unspecified atom stereocenters. The lowest BCUT2D eigenvalue weighted by Crippen LogP contribution is -2.41. The lowest BCUT2D eigenvalue weighted by molar-refractivity contribution is -0.130. The molecule has 0 fully saturated rings. The summed E-state index contributed by atoms with van der Waals surface area (Å²) in [5, 5.41) is 0.455. The standard InChI is InChI=1S/C15H21ClN2O3S/c1-5-18(10-12(2)3)15(19)11-17(4)22(20,21)14-8-6-13(16)7-9-14/h6-9H,2,5,10-11H2,1,3-4H3. The molecule has 0 aliphatic rings. The Balaban J connectivity index is 2.86. The number of nitrogens with zero attached hydrogens (tertiary/aromatic N) is 2. The average molecular weight is 345 g/mol. The van der Waals surface area contributed by atoms with Gasteiger partial charge in [-0.2, -0.15) is 4.31 Å². The molecule has 1 aromatic rings. The Morgan fingerprint density at radius 2 is 1.77 bits per heavy atom. The first-order valence-electron chi connectivity index (χ1n) is 6.82. The zero-order valence-electron chi connectivity index (χ0n) is 13.0. The summed E-state index contributed by atoms with van der Waals surface area (Å²) in [6.45, 7) is 8.14. The quantitative estimate of drug-likeness (QED) is 0.713. The van der Waals surface area contributed by atoms with Crippen LogP contribution in [0.25, 0.3) is 0 Å². The molecule has 122 valence electrons. The van der Waals surface area contributed by atoms with Crippen LogP contribution in [0.1, 0.15) is 13.8 Å². The van der Waals surface area contributed by atoms with E-state index in [9.17, 15) is 13.2 Å². The van der Waals surface area contributed by atoms with Crippen molar-refractivity contribution >= 4 is 27.5 Å². The van der Waals surface area contributed by atoms with Gasteiger partial charge >= 0.3 is 0 Å². The van der Waals surface area contributed by atoms with E-state index in [-0.39, 0.29) is 17.3 Å². The minimum absolute atomic E-state index is 0.107. The topological polar surface area (TPSA) is 57.7 Å². The molecule has 0 saturated carbocycles. The molecule has 0 aromatic heterocycles. The molecule has 0 saturated heterocycles. The van der Waals surface area contributed by atoms with Gasteiger partial charge in [0.15, 0.2) is 0 Å². The van der Waals surface area contributed by atoms with Crippen LogP contribution in [0.3, 0.4) is 0 Å². The number of halogens is 1. The molecule has 0 aliphatic carbocycles. The Bertz CT molecular complexity index is 641. The summed E-state index contributed by atoms with van der Waals surface area (Å²) in [6, 6.07) is 5.85. The first kappa shape index (κ1) is 18.7. The van der Waals surface area contributed by atoms with E-state index in [4.69, 9.17) is 11.6 Å². The van der Waals surface area contributed by atoms with Crippen molar-refractivity contribution < 1.29 is 13.2 Å². The van der Waals surface area contributed by atoms with E-state index < -0.39 is 10.0 Å². The number of hydrogen-bond acceptors (Lipinski definition) is 3. The molecular formula is C15H21ClN2O3S. The number of amides is 1. The fourth-order valence-electron chi connectivity index (χ4n) is 1.86. The van der Waals surface area contributed by atoms with Crippen LogP contribution in [0.15, 0.2) is 41.3 Å². The fourth-order valence-corrected chi connectivity index (χ4v) is 3.11. The summed E-state index contributed by atoms with van der Waals surface area (Å²) >= 11 is 5.76. The van der Waals surface area contributed by atoms with Crippen molar-refractivity contribution in [3.8, 4) is 0 Å². The van der Waals surface area contributed by atoms with Crippen molar-refractivity contribution in [2.75, 3.05) is 26.7 Å². The molecule has 0 aliphatic heterocycles. The third kappa shape index (κ3) is 4.83. The second-order valence-electron chi connectivity index (χ2n) is 5.08. The summed E-state index contributed by atoms with van der Waals surface area (Å²) in [5.74, 6) is -0.259. The van der Waals surface area contributed by atoms with Crippen LogP contribution in [-0.4, -0.2) is 50.2 Å². The number of carbonyl (C=O) groups is 1. The first-order valence-corrected chi connectivity index (χ1v) is 8.64. The fraction of sp³-hybridized carbons (Fsp3) is 0.400. The van der Waals surface area contributed by atoms with Crippen molar-refractivity contribution in [1.29, 1.82) is 0 Å². The Hall–Kier alpha value is -1.37. The smallest absolute Gasteiger partial charge is 0.243 e. The van der Waals surface area contributed by atoms with Gasteiger partial charge in [-0.15, -0.1) is 0 Å². The van der Waals surface area contributed by atoms with Crippen molar-refractivity contribution in [2.45, 2.75) is 18.7 Å². The van der Waals surface area contributed by atoms with Crippen molar-refractivity contribution in [3.63, 3.8) is 0 Å². The van der Waals surface area contributed by atoms with E-state index in [1.807, 2.05) is 13.8 Å². The lowest BCUT2D eigenvalue weighted by atomic mass is 10.3. The van der Waals surface area contributed by atoms with Crippen LogP contribution in [-0.2, 0) is 14.8 Å². The number of likely N-dealkylation sites (N-methyl/N-ethyl adjacent to an activating group) is 2. The highest BCUT2D eigenvalue weighted by atomic mass is 35.5. The summed E-state index contributed by atoms with van der Waals surface area (Å²) in [5.41, 5.74) is 0.846. The van der Waals surface area contributed by atoms with E-state index in [0.29, 0.717) is 18.1 Å². The molecule has 0 N–H and O–H groups in total. The van der Waals surface area contributed by atoms with Gasteiger partial charge in [-0.05, 0) is 38.1 Å². The van der Waals surface area contributed by atoms with Gasteiger partial charge in [-0.1, -0.05) is 23.8 Å². The van der Waals surface area contributed by atoms with Gasteiger partial charge in [-0.25, -0.2) is 8.42 Å². The number of benzene rings is 1. The second kappa shape index (κ2) is 7.76. The summed E-state index contributed by atoms with van der Waals surface area (Å²) in [6.07, 6.45) is 0. The number of rotatable bonds is 7. The maximum absolute atomic E-state index is 12.4. The molecule has 1 amide bonds. The average Bonchev–Trinajstić information content (AvgIpc) is 2.44. The van der Waals surface area contributed by atoms with Gasteiger partial charge in [0.1, 0.15) is 0 Å². The summed E-state index contributed by atoms with van der Waals surface area (Å²) in [7, 11) is -2.33. The van der Waals surface area contributed by atoms with Gasteiger partial charge in [0, 0.05) is 25.2 Å². The van der Waals surface area contributed by atoms with Gasteiger partial charge in [-0.3, -0.25) is 4.79 Å². The van der Waals surface area contributed by atoms with Gasteiger partial charge in [0.25, 0.3) is 0 Å². The highest BCUT2D eigenvalue weighted by molar-refractivity contribution is 7.89. The highest BCUT2D eigenvalue weighted by Gasteiger charge is 2.24. The predicted octanol–water partition coefficient (Wildman–Crippen LogP) is 2.39. The molecule has 1 aromatic carbocycles. The normalized spacial score (nSPS) is 11.5. The van der Waals surface area contributed by atoms with E-state index in [1.165, 1.54) is 31.3 Å². The Labute approximate surface area is 137 Å². The van der Waals surface area contributed by atoms with E-state index in [2.05, 4.69) is 6.58 Å². The predicted molar refractivity (Wildman–Crippen MR) is 88.3 cm³/mol. The molecule has 0 heterocycles. The molecule has 7 heteroatoms. The monoisotopic (exact) mass is 344 g/mol. The van der Waals surface area contributed by atoms with Crippen LogP contribution in [0.4, 0.5) is 0 Å². The maximum Gasteiger partial charge on any atom is 0.243 e.